The molecule has 4 heteroatoms. The molecule has 1 saturated heterocycles. The minimum atomic E-state index is -0.249. The van der Waals surface area contributed by atoms with Gasteiger partial charge < -0.3 is 9.84 Å². The molecule has 84 valence electrons. The van der Waals surface area contributed by atoms with E-state index in [2.05, 4.69) is 10.5 Å². The summed E-state index contributed by atoms with van der Waals surface area (Å²) < 4.78 is 18.9. The third-order valence-corrected chi connectivity index (χ3v) is 3.11. The summed E-state index contributed by atoms with van der Waals surface area (Å²) in [5.74, 6) is -0.249. The van der Waals surface area contributed by atoms with E-state index >= 15 is 0 Å². The van der Waals surface area contributed by atoms with Crippen molar-refractivity contribution in [1.29, 1.82) is 0 Å². The zero-order valence-electron chi connectivity index (χ0n) is 8.87. The molecule has 0 spiro atoms. The number of fused-ring (bicyclic) bond motifs is 1. The van der Waals surface area contributed by atoms with Crippen molar-refractivity contribution in [1.82, 2.24) is 10.5 Å². The molecular weight excluding hydrogens is 207 g/mol. The van der Waals surface area contributed by atoms with Crippen molar-refractivity contribution in [2.24, 2.45) is 0 Å². The minimum absolute atomic E-state index is 0.131. The van der Waals surface area contributed by atoms with Crippen LogP contribution in [0.5, 0.6) is 0 Å². The van der Waals surface area contributed by atoms with Gasteiger partial charge in [-0.3, -0.25) is 0 Å². The molecule has 1 aromatic heterocycles. The molecule has 2 aromatic rings. The van der Waals surface area contributed by atoms with Crippen molar-refractivity contribution in [3.63, 3.8) is 0 Å². The SMILES string of the molecule is Fc1cccc2onc(C3CCCCN3)c12. The molecule has 0 radical (unpaired) electrons. The third kappa shape index (κ3) is 1.50. The second-order valence-corrected chi connectivity index (χ2v) is 4.18. The van der Waals surface area contributed by atoms with Gasteiger partial charge in [-0.1, -0.05) is 17.6 Å². The fourth-order valence-electron chi connectivity index (χ4n) is 2.30. The van der Waals surface area contributed by atoms with Crippen LogP contribution in [0.25, 0.3) is 11.0 Å². The molecule has 0 aliphatic carbocycles. The number of halogens is 1. The first-order valence-corrected chi connectivity index (χ1v) is 5.63. The Morgan fingerprint density at radius 1 is 1.38 bits per heavy atom. The summed E-state index contributed by atoms with van der Waals surface area (Å²) in [5.41, 5.74) is 1.25. The van der Waals surface area contributed by atoms with Gasteiger partial charge in [0.15, 0.2) is 5.58 Å². The molecule has 0 saturated carbocycles. The van der Waals surface area contributed by atoms with E-state index in [4.69, 9.17) is 4.52 Å². The zero-order chi connectivity index (χ0) is 11.0. The molecule has 1 N–H and O–H groups in total. The molecule has 1 fully saturated rings. The predicted octanol–water partition coefficient (Wildman–Crippen LogP) is 2.78. The van der Waals surface area contributed by atoms with Crippen molar-refractivity contribution >= 4 is 11.0 Å². The molecule has 1 aromatic carbocycles. The fourth-order valence-corrected chi connectivity index (χ4v) is 2.30. The highest BCUT2D eigenvalue weighted by Gasteiger charge is 2.22. The molecule has 0 amide bonds. The summed E-state index contributed by atoms with van der Waals surface area (Å²) in [5, 5.41) is 7.88. The van der Waals surface area contributed by atoms with Crippen LogP contribution >= 0.6 is 0 Å². The predicted molar refractivity (Wildman–Crippen MR) is 58.6 cm³/mol. The Labute approximate surface area is 92.6 Å². The summed E-state index contributed by atoms with van der Waals surface area (Å²) in [7, 11) is 0. The Morgan fingerprint density at radius 3 is 3.12 bits per heavy atom. The molecular formula is C12H13FN2O. The Bertz CT molecular complexity index is 503. The lowest BCUT2D eigenvalue weighted by atomic mass is 9.99. The van der Waals surface area contributed by atoms with Crippen LogP contribution < -0.4 is 5.32 Å². The number of hydrogen-bond acceptors (Lipinski definition) is 3. The highest BCUT2D eigenvalue weighted by atomic mass is 19.1. The van der Waals surface area contributed by atoms with Gasteiger partial charge in [0.25, 0.3) is 0 Å². The van der Waals surface area contributed by atoms with Gasteiger partial charge in [0.05, 0.1) is 11.4 Å². The van der Waals surface area contributed by atoms with E-state index in [1.807, 2.05) is 0 Å². The van der Waals surface area contributed by atoms with Gasteiger partial charge >= 0.3 is 0 Å². The second kappa shape index (κ2) is 3.87. The number of aromatic nitrogens is 1. The maximum absolute atomic E-state index is 13.7. The number of benzene rings is 1. The van der Waals surface area contributed by atoms with E-state index in [0.717, 1.165) is 19.4 Å². The fraction of sp³-hybridized carbons (Fsp3) is 0.417. The topological polar surface area (TPSA) is 38.1 Å². The molecule has 3 rings (SSSR count). The Kier molecular flexibility index (Phi) is 2.36. The van der Waals surface area contributed by atoms with E-state index in [1.54, 1.807) is 12.1 Å². The second-order valence-electron chi connectivity index (χ2n) is 4.18. The van der Waals surface area contributed by atoms with Gasteiger partial charge in [0.1, 0.15) is 11.5 Å². The minimum Gasteiger partial charge on any atom is -0.356 e. The average Bonchev–Trinajstić information content (AvgIpc) is 2.75. The number of hydrogen-bond donors (Lipinski definition) is 1. The molecule has 16 heavy (non-hydrogen) atoms. The van der Waals surface area contributed by atoms with Gasteiger partial charge in [-0.05, 0) is 31.5 Å². The van der Waals surface area contributed by atoms with E-state index < -0.39 is 0 Å². The molecule has 2 heterocycles. The van der Waals surface area contributed by atoms with E-state index in [1.165, 1.54) is 12.5 Å². The molecule has 1 aliphatic rings. The molecule has 3 nitrogen and oxygen atoms in total. The van der Waals surface area contributed by atoms with E-state index in [9.17, 15) is 4.39 Å². The highest BCUT2D eigenvalue weighted by molar-refractivity contribution is 5.80. The highest BCUT2D eigenvalue weighted by Crippen LogP contribution is 2.30. The van der Waals surface area contributed by atoms with Gasteiger partial charge in [0, 0.05) is 0 Å². The molecule has 1 aliphatic heterocycles. The third-order valence-electron chi connectivity index (χ3n) is 3.11. The number of nitrogens with zero attached hydrogens (tertiary/aromatic N) is 1. The molecule has 1 unspecified atom stereocenters. The summed E-state index contributed by atoms with van der Waals surface area (Å²) >= 11 is 0. The zero-order valence-corrected chi connectivity index (χ0v) is 8.87. The van der Waals surface area contributed by atoms with E-state index in [0.29, 0.717) is 16.7 Å². The lowest BCUT2D eigenvalue weighted by Crippen LogP contribution is -2.27. The maximum atomic E-state index is 13.7. The van der Waals surface area contributed by atoms with Gasteiger partial charge in [-0.15, -0.1) is 0 Å². The summed E-state index contributed by atoms with van der Waals surface area (Å²) in [6.45, 7) is 0.966. The summed E-state index contributed by atoms with van der Waals surface area (Å²) in [4.78, 5) is 0. The maximum Gasteiger partial charge on any atom is 0.170 e. The van der Waals surface area contributed by atoms with Crippen LogP contribution in [0.15, 0.2) is 22.7 Å². The average molecular weight is 220 g/mol. The van der Waals surface area contributed by atoms with E-state index in [-0.39, 0.29) is 11.9 Å². The largest absolute Gasteiger partial charge is 0.356 e. The van der Waals surface area contributed by atoms with Gasteiger partial charge in [-0.2, -0.15) is 0 Å². The van der Waals surface area contributed by atoms with Crippen molar-refractivity contribution in [2.45, 2.75) is 25.3 Å². The van der Waals surface area contributed by atoms with Crippen LogP contribution in [0.2, 0.25) is 0 Å². The summed E-state index contributed by atoms with van der Waals surface area (Å²) in [6, 6.07) is 4.97. The van der Waals surface area contributed by atoms with Crippen LogP contribution in [0.3, 0.4) is 0 Å². The van der Waals surface area contributed by atoms with Crippen molar-refractivity contribution in [2.75, 3.05) is 6.54 Å². The van der Waals surface area contributed by atoms with Crippen LogP contribution in [0.4, 0.5) is 4.39 Å². The molecule has 1 atom stereocenters. The number of piperidine rings is 1. The van der Waals surface area contributed by atoms with Crippen LogP contribution in [0.1, 0.15) is 31.0 Å². The van der Waals surface area contributed by atoms with Crippen molar-refractivity contribution < 1.29 is 8.91 Å². The number of rotatable bonds is 1. The Morgan fingerprint density at radius 2 is 2.31 bits per heavy atom. The Balaban J connectivity index is 2.09. The van der Waals surface area contributed by atoms with Crippen LogP contribution in [-0.2, 0) is 0 Å². The first-order valence-electron chi connectivity index (χ1n) is 5.63. The quantitative estimate of drug-likeness (QED) is 0.803. The van der Waals surface area contributed by atoms with Crippen molar-refractivity contribution in [3.8, 4) is 0 Å². The smallest absolute Gasteiger partial charge is 0.170 e. The number of nitrogens with one attached hydrogen (secondary N) is 1. The van der Waals surface area contributed by atoms with Gasteiger partial charge in [-0.25, -0.2) is 4.39 Å². The Hall–Kier alpha value is -1.42. The van der Waals surface area contributed by atoms with Crippen molar-refractivity contribution in [3.05, 3.63) is 29.7 Å². The van der Waals surface area contributed by atoms with Crippen LogP contribution in [-0.4, -0.2) is 11.7 Å². The standard InChI is InChI=1S/C12H13FN2O/c13-8-4-3-6-10-11(8)12(15-16-10)9-5-1-2-7-14-9/h3-4,6,9,14H,1-2,5,7H2. The van der Waals surface area contributed by atoms with Crippen LogP contribution in [0, 0.1) is 5.82 Å². The lowest BCUT2D eigenvalue weighted by Gasteiger charge is -2.21. The first kappa shape index (κ1) is 9.78. The monoisotopic (exact) mass is 220 g/mol. The molecule has 0 bridgehead atoms. The normalized spacial score (nSPS) is 21.4. The lowest BCUT2D eigenvalue weighted by molar-refractivity contribution is 0.375. The first-order chi connectivity index (χ1) is 7.86. The van der Waals surface area contributed by atoms with Gasteiger partial charge in [0.2, 0.25) is 0 Å². The summed E-state index contributed by atoms with van der Waals surface area (Å²) in [6.07, 6.45) is 3.32.